The van der Waals surface area contributed by atoms with E-state index in [0.29, 0.717) is 32.0 Å². The molecule has 1 N–H and O–H groups in total. The fourth-order valence-electron chi connectivity index (χ4n) is 5.60. The molecule has 0 spiro atoms. The van der Waals surface area contributed by atoms with Crippen molar-refractivity contribution < 1.29 is 19.0 Å². The highest BCUT2D eigenvalue weighted by Gasteiger charge is 2.42. The highest BCUT2D eigenvalue weighted by molar-refractivity contribution is 5.83. The number of rotatable bonds is 6. The van der Waals surface area contributed by atoms with Crippen LogP contribution in [0.15, 0.2) is 18.2 Å². The first-order valence-electron chi connectivity index (χ1n) is 12.1. The van der Waals surface area contributed by atoms with Crippen molar-refractivity contribution in [2.45, 2.75) is 63.8 Å². The molecule has 4 aliphatic rings. The zero-order valence-corrected chi connectivity index (χ0v) is 18.7. The van der Waals surface area contributed by atoms with Crippen LogP contribution in [0.3, 0.4) is 0 Å². The van der Waals surface area contributed by atoms with Gasteiger partial charge in [-0.25, -0.2) is 0 Å². The van der Waals surface area contributed by atoms with Crippen LogP contribution in [0.1, 0.15) is 63.4 Å². The van der Waals surface area contributed by atoms with Crippen molar-refractivity contribution in [3.05, 3.63) is 23.8 Å². The number of fused-ring (bicyclic) bond motifs is 1. The summed E-state index contributed by atoms with van der Waals surface area (Å²) in [6.07, 6.45) is 8.40. The molecule has 0 unspecified atom stereocenters. The summed E-state index contributed by atoms with van der Waals surface area (Å²) in [6.45, 7) is 7.03. The van der Waals surface area contributed by atoms with Gasteiger partial charge in [0, 0.05) is 11.6 Å². The smallest absolute Gasteiger partial charge is 0.231 e. The summed E-state index contributed by atoms with van der Waals surface area (Å²) in [4.78, 5) is 15.0. The molecule has 1 aliphatic carbocycles. The van der Waals surface area contributed by atoms with E-state index < -0.39 is 0 Å². The van der Waals surface area contributed by atoms with Gasteiger partial charge in [-0.15, -0.1) is 0 Å². The molecule has 1 amide bonds. The summed E-state index contributed by atoms with van der Waals surface area (Å²) >= 11 is 0. The van der Waals surface area contributed by atoms with Crippen molar-refractivity contribution in [1.29, 1.82) is 0 Å². The number of ether oxygens (including phenoxy) is 3. The SMILES string of the molecule is CC1(C(=O)NC2CCC(CCN3CCC(c4cccc5c4OCO5)CC3)CC2)COC1. The van der Waals surface area contributed by atoms with Gasteiger partial charge < -0.3 is 24.4 Å². The Hall–Kier alpha value is -1.79. The molecule has 170 valence electrons. The van der Waals surface area contributed by atoms with Gasteiger partial charge in [0.25, 0.3) is 0 Å². The molecule has 31 heavy (non-hydrogen) atoms. The van der Waals surface area contributed by atoms with Crippen LogP contribution in [0, 0.1) is 11.3 Å². The number of hydrogen-bond acceptors (Lipinski definition) is 5. The molecule has 3 fully saturated rings. The van der Waals surface area contributed by atoms with Gasteiger partial charge in [-0.3, -0.25) is 4.79 Å². The lowest BCUT2D eigenvalue weighted by molar-refractivity contribution is -0.158. The first-order valence-corrected chi connectivity index (χ1v) is 12.1. The molecular weight excluding hydrogens is 392 g/mol. The summed E-state index contributed by atoms with van der Waals surface area (Å²) in [5.41, 5.74) is 1.04. The van der Waals surface area contributed by atoms with Crippen LogP contribution in [0.5, 0.6) is 11.5 Å². The predicted octanol–water partition coefficient (Wildman–Crippen LogP) is 3.70. The van der Waals surface area contributed by atoms with E-state index in [2.05, 4.69) is 22.3 Å². The lowest BCUT2D eigenvalue weighted by Crippen LogP contribution is -2.54. The van der Waals surface area contributed by atoms with Crippen LogP contribution in [-0.2, 0) is 9.53 Å². The van der Waals surface area contributed by atoms with Crippen molar-refractivity contribution in [3.8, 4) is 11.5 Å². The number of piperidine rings is 1. The minimum absolute atomic E-state index is 0.186. The maximum Gasteiger partial charge on any atom is 0.231 e. The van der Waals surface area contributed by atoms with Gasteiger partial charge in [0.1, 0.15) is 0 Å². The van der Waals surface area contributed by atoms with E-state index in [9.17, 15) is 4.79 Å². The second-order valence-electron chi connectivity index (χ2n) is 10.2. The lowest BCUT2D eigenvalue weighted by atomic mass is 9.82. The summed E-state index contributed by atoms with van der Waals surface area (Å²) in [7, 11) is 0. The Morgan fingerprint density at radius 2 is 1.87 bits per heavy atom. The van der Waals surface area contributed by atoms with Gasteiger partial charge in [-0.1, -0.05) is 12.1 Å². The molecule has 3 heterocycles. The molecule has 0 atom stereocenters. The average molecular weight is 429 g/mol. The normalized spacial score (nSPS) is 28.2. The Morgan fingerprint density at radius 3 is 2.58 bits per heavy atom. The largest absolute Gasteiger partial charge is 0.454 e. The van der Waals surface area contributed by atoms with E-state index in [0.717, 1.165) is 30.3 Å². The quantitative estimate of drug-likeness (QED) is 0.749. The Kier molecular flexibility index (Phi) is 6.11. The van der Waals surface area contributed by atoms with Crippen LogP contribution in [-0.4, -0.2) is 56.5 Å². The van der Waals surface area contributed by atoms with E-state index in [1.54, 1.807) is 0 Å². The van der Waals surface area contributed by atoms with Gasteiger partial charge in [-0.05, 0) is 89.4 Å². The number of carbonyl (C=O) groups is 1. The van der Waals surface area contributed by atoms with Crippen LogP contribution in [0.2, 0.25) is 0 Å². The fraction of sp³-hybridized carbons (Fsp3) is 0.720. The number of benzene rings is 1. The summed E-state index contributed by atoms with van der Waals surface area (Å²) in [6, 6.07) is 6.66. The summed E-state index contributed by atoms with van der Waals surface area (Å²) in [5.74, 6) is 3.45. The number of amides is 1. The average Bonchev–Trinajstić information content (AvgIpc) is 3.26. The van der Waals surface area contributed by atoms with Crippen molar-refractivity contribution in [2.75, 3.05) is 39.6 Å². The van der Waals surface area contributed by atoms with E-state index in [1.165, 1.54) is 57.3 Å². The Labute approximate surface area is 185 Å². The first-order chi connectivity index (χ1) is 15.1. The molecular formula is C25H36N2O4. The van der Waals surface area contributed by atoms with Gasteiger partial charge >= 0.3 is 0 Å². The second kappa shape index (κ2) is 8.99. The van der Waals surface area contributed by atoms with Crippen LogP contribution in [0.25, 0.3) is 0 Å². The molecule has 1 aromatic carbocycles. The van der Waals surface area contributed by atoms with Gasteiger partial charge in [0.05, 0.1) is 18.6 Å². The second-order valence-corrected chi connectivity index (χ2v) is 10.2. The number of para-hydroxylation sites is 1. The van der Waals surface area contributed by atoms with Crippen molar-refractivity contribution in [1.82, 2.24) is 10.2 Å². The van der Waals surface area contributed by atoms with Gasteiger partial charge in [0.2, 0.25) is 12.7 Å². The Morgan fingerprint density at radius 1 is 1.10 bits per heavy atom. The number of nitrogens with zero attached hydrogens (tertiary/aromatic N) is 1. The van der Waals surface area contributed by atoms with E-state index in [1.807, 2.05) is 13.0 Å². The molecule has 5 rings (SSSR count). The fourth-order valence-corrected chi connectivity index (χ4v) is 5.60. The lowest BCUT2D eigenvalue weighted by Gasteiger charge is -2.39. The molecule has 0 radical (unpaired) electrons. The zero-order valence-electron chi connectivity index (χ0n) is 18.7. The highest BCUT2D eigenvalue weighted by atomic mass is 16.7. The zero-order chi connectivity index (χ0) is 21.3. The predicted molar refractivity (Wildman–Crippen MR) is 118 cm³/mol. The molecule has 1 aromatic rings. The Balaban J connectivity index is 1.02. The molecule has 1 saturated carbocycles. The minimum Gasteiger partial charge on any atom is -0.454 e. The minimum atomic E-state index is -0.290. The number of hydrogen-bond donors (Lipinski definition) is 1. The molecule has 0 aromatic heterocycles. The third kappa shape index (κ3) is 4.56. The van der Waals surface area contributed by atoms with E-state index >= 15 is 0 Å². The molecule has 2 saturated heterocycles. The maximum atomic E-state index is 12.4. The number of carbonyl (C=O) groups excluding carboxylic acids is 1. The molecule has 6 nitrogen and oxygen atoms in total. The highest BCUT2D eigenvalue weighted by Crippen LogP contribution is 2.42. The monoisotopic (exact) mass is 428 g/mol. The molecule has 3 aliphatic heterocycles. The van der Waals surface area contributed by atoms with Crippen LogP contribution < -0.4 is 14.8 Å². The third-order valence-corrected chi connectivity index (χ3v) is 7.88. The molecule has 0 bridgehead atoms. The van der Waals surface area contributed by atoms with Crippen LogP contribution >= 0.6 is 0 Å². The number of nitrogens with one attached hydrogen (secondary N) is 1. The molecule has 6 heteroatoms. The number of likely N-dealkylation sites (tertiary alicyclic amines) is 1. The maximum absolute atomic E-state index is 12.4. The van der Waals surface area contributed by atoms with Gasteiger partial charge in [0.15, 0.2) is 11.5 Å². The van der Waals surface area contributed by atoms with Crippen molar-refractivity contribution in [3.63, 3.8) is 0 Å². The van der Waals surface area contributed by atoms with Crippen molar-refractivity contribution >= 4 is 5.91 Å². The van der Waals surface area contributed by atoms with Crippen LogP contribution in [0.4, 0.5) is 0 Å². The van der Waals surface area contributed by atoms with Crippen molar-refractivity contribution in [2.24, 2.45) is 11.3 Å². The summed E-state index contributed by atoms with van der Waals surface area (Å²) < 4.78 is 16.5. The standard InChI is InChI=1S/C25H36N2O4/c1-25(15-29-16-25)24(28)26-20-7-5-18(6-8-20)9-12-27-13-10-19(11-14-27)21-3-2-4-22-23(21)31-17-30-22/h2-4,18-20H,5-17H2,1H3,(H,26,28). The Bertz CT molecular complexity index is 778. The van der Waals surface area contributed by atoms with Gasteiger partial charge in [-0.2, -0.15) is 0 Å². The topological polar surface area (TPSA) is 60.0 Å². The first kappa shape index (κ1) is 21.1. The summed E-state index contributed by atoms with van der Waals surface area (Å²) in [5, 5.41) is 3.28. The van der Waals surface area contributed by atoms with E-state index in [-0.39, 0.29) is 11.3 Å². The third-order valence-electron chi connectivity index (χ3n) is 7.88. The van der Waals surface area contributed by atoms with E-state index in [4.69, 9.17) is 14.2 Å².